The first-order valence-electron chi connectivity index (χ1n) is 6.26. The Labute approximate surface area is 128 Å². The van der Waals surface area contributed by atoms with Gasteiger partial charge in [0.1, 0.15) is 0 Å². The van der Waals surface area contributed by atoms with E-state index < -0.39 is 10.0 Å². The molecule has 0 saturated heterocycles. The minimum Gasteiger partial charge on any atom is -0.325 e. The quantitative estimate of drug-likeness (QED) is 0.844. The van der Waals surface area contributed by atoms with Crippen LogP contribution in [-0.2, 0) is 14.8 Å². The van der Waals surface area contributed by atoms with Crippen LogP contribution in [0.2, 0.25) is 0 Å². The lowest BCUT2D eigenvalue weighted by molar-refractivity contribution is -0.116. The van der Waals surface area contributed by atoms with E-state index in [0.717, 1.165) is 10.7 Å². The van der Waals surface area contributed by atoms with Crippen molar-refractivity contribution < 1.29 is 13.2 Å². The maximum atomic E-state index is 12.0. The fourth-order valence-corrected chi connectivity index (χ4v) is 3.27. The van der Waals surface area contributed by atoms with Gasteiger partial charge in [-0.05, 0) is 31.5 Å². The summed E-state index contributed by atoms with van der Waals surface area (Å²) >= 11 is 3.31. The smallest absolute Gasteiger partial charge is 0.239 e. The molecule has 0 bridgehead atoms. The van der Waals surface area contributed by atoms with E-state index in [1.165, 1.54) is 4.31 Å². The second-order valence-electron chi connectivity index (χ2n) is 4.62. The summed E-state index contributed by atoms with van der Waals surface area (Å²) in [5.74, 6) is -0.353. The zero-order valence-corrected chi connectivity index (χ0v) is 14.2. The molecule has 1 N–H and O–H groups in total. The number of amides is 1. The highest BCUT2D eigenvalue weighted by Gasteiger charge is 2.24. The van der Waals surface area contributed by atoms with Gasteiger partial charge in [0.15, 0.2) is 0 Å². The fourth-order valence-electron chi connectivity index (χ4n) is 1.71. The number of hydrogen-bond donors (Lipinski definition) is 1. The summed E-state index contributed by atoms with van der Waals surface area (Å²) in [6.45, 7) is 3.49. The molecule has 5 nitrogen and oxygen atoms in total. The van der Waals surface area contributed by atoms with E-state index >= 15 is 0 Å². The van der Waals surface area contributed by atoms with Crippen LogP contribution in [-0.4, -0.2) is 37.5 Å². The average molecular weight is 363 g/mol. The van der Waals surface area contributed by atoms with Crippen molar-refractivity contribution in [2.24, 2.45) is 0 Å². The molecule has 20 heavy (non-hydrogen) atoms. The number of hydrogen-bond acceptors (Lipinski definition) is 3. The zero-order chi connectivity index (χ0) is 15.3. The van der Waals surface area contributed by atoms with Crippen LogP contribution in [0.4, 0.5) is 5.69 Å². The van der Waals surface area contributed by atoms with Gasteiger partial charge in [-0.3, -0.25) is 4.79 Å². The highest BCUT2D eigenvalue weighted by Crippen LogP contribution is 2.16. The topological polar surface area (TPSA) is 66.5 Å². The minimum absolute atomic E-state index is 0.180. The summed E-state index contributed by atoms with van der Waals surface area (Å²) in [5.41, 5.74) is 0.627. The Kier molecular flexibility index (Phi) is 6.16. The predicted octanol–water partition coefficient (Wildman–Crippen LogP) is 2.45. The molecule has 0 heterocycles. The Bertz CT molecular complexity index is 575. The van der Waals surface area contributed by atoms with Crippen molar-refractivity contribution in [3.05, 3.63) is 28.7 Å². The lowest BCUT2D eigenvalue weighted by atomic mass is 10.2. The largest absolute Gasteiger partial charge is 0.325 e. The molecule has 7 heteroatoms. The fraction of sp³-hybridized carbons (Fsp3) is 0.462. The first kappa shape index (κ1) is 17.1. The van der Waals surface area contributed by atoms with Gasteiger partial charge in [-0.2, -0.15) is 4.31 Å². The van der Waals surface area contributed by atoms with E-state index in [2.05, 4.69) is 21.2 Å². The second-order valence-corrected chi connectivity index (χ2v) is 7.47. The lowest BCUT2D eigenvalue weighted by Crippen LogP contribution is -2.42. The molecule has 1 amide bonds. The van der Waals surface area contributed by atoms with E-state index in [0.29, 0.717) is 12.1 Å². The van der Waals surface area contributed by atoms with E-state index in [4.69, 9.17) is 0 Å². The molecule has 0 aromatic heterocycles. The van der Waals surface area contributed by atoms with E-state index in [9.17, 15) is 13.2 Å². The molecule has 0 radical (unpaired) electrons. The standard InChI is InChI=1S/C13H19BrN2O3S/c1-4-10(2)16(20(3,18)19)9-13(17)15-12-7-5-6-11(14)8-12/h5-8,10H,4,9H2,1-3H3,(H,15,17). The van der Waals surface area contributed by atoms with Gasteiger partial charge in [-0.25, -0.2) is 8.42 Å². The first-order chi connectivity index (χ1) is 9.24. The molecule has 0 spiro atoms. The monoisotopic (exact) mass is 362 g/mol. The summed E-state index contributed by atoms with van der Waals surface area (Å²) in [5, 5.41) is 2.69. The van der Waals surface area contributed by atoms with Crippen molar-refractivity contribution in [2.75, 3.05) is 18.1 Å². The highest BCUT2D eigenvalue weighted by atomic mass is 79.9. The second kappa shape index (κ2) is 7.19. The van der Waals surface area contributed by atoms with Crippen LogP contribution in [0.5, 0.6) is 0 Å². The van der Waals surface area contributed by atoms with Gasteiger partial charge in [0.25, 0.3) is 0 Å². The van der Waals surface area contributed by atoms with Gasteiger partial charge >= 0.3 is 0 Å². The third-order valence-corrected chi connectivity index (χ3v) is 4.75. The SMILES string of the molecule is CCC(C)N(CC(=O)Nc1cccc(Br)c1)S(C)(=O)=O. The molecule has 0 aliphatic carbocycles. The average Bonchev–Trinajstić information content (AvgIpc) is 2.33. The van der Waals surface area contributed by atoms with E-state index in [1.807, 2.05) is 13.0 Å². The molecular formula is C13H19BrN2O3S. The van der Waals surface area contributed by atoms with Crippen molar-refractivity contribution in [2.45, 2.75) is 26.3 Å². The number of halogens is 1. The Morgan fingerprint density at radius 2 is 2.10 bits per heavy atom. The lowest BCUT2D eigenvalue weighted by Gasteiger charge is -2.25. The maximum Gasteiger partial charge on any atom is 0.239 e. The maximum absolute atomic E-state index is 12.0. The molecule has 0 saturated carbocycles. The van der Waals surface area contributed by atoms with Gasteiger partial charge in [0.05, 0.1) is 12.8 Å². The molecule has 1 rings (SSSR count). The normalized spacial score (nSPS) is 13.2. The van der Waals surface area contributed by atoms with Crippen LogP contribution in [0.1, 0.15) is 20.3 Å². The third-order valence-electron chi connectivity index (χ3n) is 2.92. The Morgan fingerprint density at radius 1 is 1.45 bits per heavy atom. The van der Waals surface area contributed by atoms with Crippen LogP contribution in [0.15, 0.2) is 28.7 Å². The van der Waals surface area contributed by atoms with Gasteiger partial charge in [-0.15, -0.1) is 0 Å². The van der Waals surface area contributed by atoms with Crippen molar-refractivity contribution in [3.8, 4) is 0 Å². The third kappa shape index (κ3) is 5.22. The number of nitrogens with zero attached hydrogens (tertiary/aromatic N) is 1. The number of anilines is 1. The molecule has 0 aliphatic rings. The van der Waals surface area contributed by atoms with Gasteiger partial charge in [0.2, 0.25) is 15.9 Å². The molecule has 1 aromatic carbocycles. The number of carbonyl (C=O) groups is 1. The predicted molar refractivity (Wildman–Crippen MR) is 84.1 cm³/mol. The molecular weight excluding hydrogens is 344 g/mol. The van der Waals surface area contributed by atoms with Crippen molar-refractivity contribution in [3.63, 3.8) is 0 Å². The van der Waals surface area contributed by atoms with Crippen LogP contribution in [0.25, 0.3) is 0 Å². The summed E-state index contributed by atoms with van der Waals surface area (Å²) in [7, 11) is -3.41. The first-order valence-corrected chi connectivity index (χ1v) is 8.90. The molecule has 112 valence electrons. The number of sulfonamides is 1. The summed E-state index contributed by atoms with van der Waals surface area (Å²) in [6, 6.07) is 6.93. The molecule has 1 unspecified atom stereocenters. The summed E-state index contributed by atoms with van der Waals surface area (Å²) in [6.07, 6.45) is 1.77. The molecule has 1 aromatic rings. The number of nitrogens with one attached hydrogen (secondary N) is 1. The van der Waals surface area contributed by atoms with Gasteiger partial charge in [0, 0.05) is 16.2 Å². The molecule has 1 atom stereocenters. The van der Waals surface area contributed by atoms with Crippen molar-refractivity contribution in [1.82, 2.24) is 4.31 Å². The Balaban J connectivity index is 2.77. The van der Waals surface area contributed by atoms with Crippen LogP contribution in [0.3, 0.4) is 0 Å². The minimum atomic E-state index is -3.41. The van der Waals surface area contributed by atoms with Gasteiger partial charge < -0.3 is 5.32 Å². The molecule has 0 fully saturated rings. The van der Waals surface area contributed by atoms with Crippen LogP contribution >= 0.6 is 15.9 Å². The Hall–Kier alpha value is -0.920. The molecule has 0 aliphatic heterocycles. The van der Waals surface area contributed by atoms with E-state index in [1.54, 1.807) is 25.1 Å². The number of rotatable bonds is 6. The number of benzene rings is 1. The van der Waals surface area contributed by atoms with Crippen molar-refractivity contribution >= 4 is 37.5 Å². The Morgan fingerprint density at radius 3 is 2.60 bits per heavy atom. The highest BCUT2D eigenvalue weighted by molar-refractivity contribution is 9.10. The van der Waals surface area contributed by atoms with Crippen LogP contribution in [0, 0.1) is 0 Å². The summed E-state index contributed by atoms with van der Waals surface area (Å²) < 4.78 is 25.5. The van der Waals surface area contributed by atoms with Crippen LogP contribution < -0.4 is 5.32 Å². The van der Waals surface area contributed by atoms with Gasteiger partial charge in [-0.1, -0.05) is 28.9 Å². The number of carbonyl (C=O) groups excluding carboxylic acids is 1. The van der Waals surface area contributed by atoms with E-state index in [-0.39, 0.29) is 18.5 Å². The van der Waals surface area contributed by atoms with Crippen molar-refractivity contribution in [1.29, 1.82) is 0 Å². The zero-order valence-electron chi connectivity index (χ0n) is 11.8. The summed E-state index contributed by atoms with van der Waals surface area (Å²) in [4.78, 5) is 12.0.